The maximum Gasteiger partial charge on any atom is 0.407 e. The van der Waals surface area contributed by atoms with Gasteiger partial charge in [0.05, 0.1) is 6.04 Å². The number of ether oxygens (including phenoxy) is 4. The van der Waals surface area contributed by atoms with Crippen LogP contribution in [0.25, 0.3) is 0 Å². The number of alkyl carbamates (subject to hydrolysis) is 1. The molecule has 0 saturated carbocycles. The van der Waals surface area contributed by atoms with Crippen LogP contribution in [0.15, 0.2) is 60.7 Å². The zero-order valence-corrected chi connectivity index (χ0v) is 25.5. The normalized spacial score (nSPS) is 17.5. The van der Waals surface area contributed by atoms with Gasteiger partial charge in [-0.2, -0.15) is 0 Å². The lowest BCUT2D eigenvalue weighted by atomic mass is 9.99. The van der Waals surface area contributed by atoms with E-state index >= 15 is 0 Å². The van der Waals surface area contributed by atoms with Crippen molar-refractivity contribution >= 4 is 18.0 Å². The van der Waals surface area contributed by atoms with Crippen molar-refractivity contribution in [2.24, 2.45) is 5.92 Å². The molecule has 2 amide bonds. The van der Waals surface area contributed by atoms with Gasteiger partial charge in [-0.25, -0.2) is 9.59 Å². The Morgan fingerprint density at radius 3 is 2.14 bits per heavy atom. The van der Waals surface area contributed by atoms with Crippen molar-refractivity contribution in [1.29, 1.82) is 0 Å². The molecule has 2 N–H and O–H groups in total. The first kappa shape index (κ1) is 33.1. The first-order valence-corrected chi connectivity index (χ1v) is 14.8. The van der Waals surface area contributed by atoms with Crippen LogP contribution in [0.5, 0.6) is 0 Å². The Kier molecular flexibility index (Phi) is 12.8. The van der Waals surface area contributed by atoms with E-state index in [1.807, 2.05) is 74.5 Å². The van der Waals surface area contributed by atoms with Gasteiger partial charge in [0.1, 0.15) is 18.2 Å². The van der Waals surface area contributed by atoms with Gasteiger partial charge in [-0.3, -0.25) is 4.79 Å². The smallest absolute Gasteiger partial charge is 0.407 e. The van der Waals surface area contributed by atoms with Crippen LogP contribution in [0.3, 0.4) is 0 Å². The summed E-state index contributed by atoms with van der Waals surface area (Å²) < 4.78 is 23.2. The number of carbonyl (C=O) groups is 3. The minimum absolute atomic E-state index is 0.0941. The van der Waals surface area contributed by atoms with Gasteiger partial charge in [0.25, 0.3) is 5.91 Å². The number of carbonyl (C=O) groups excluding carboxylic acids is 3. The summed E-state index contributed by atoms with van der Waals surface area (Å²) in [5, 5.41) is 5.74. The third-order valence-corrected chi connectivity index (χ3v) is 6.59. The Balaban J connectivity index is 1.85. The van der Waals surface area contributed by atoms with Gasteiger partial charge in [-0.15, -0.1) is 0 Å². The summed E-state index contributed by atoms with van der Waals surface area (Å²) in [7, 11) is 0. The van der Waals surface area contributed by atoms with Crippen LogP contribution in [0.1, 0.15) is 71.4 Å². The quantitative estimate of drug-likeness (QED) is 0.308. The zero-order chi connectivity index (χ0) is 30.5. The van der Waals surface area contributed by atoms with Gasteiger partial charge >= 0.3 is 12.1 Å². The highest BCUT2D eigenvalue weighted by atomic mass is 16.7. The average Bonchev–Trinajstić information content (AvgIpc) is 2.94. The van der Waals surface area contributed by atoms with E-state index in [9.17, 15) is 14.4 Å². The fourth-order valence-corrected chi connectivity index (χ4v) is 4.65. The predicted molar refractivity (Wildman–Crippen MR) is 159 cm³/mol. The predicted octanol–water partition coefficient (Wildman–Crippen LogP) is 5.31. The number of hydrogen-bond donors (Lipinski definition) is 2. The number of amides is 2. The Bertz CT molecular complexity index is 1110. The molecule has 0 spiro atoms. The molecule has 1 aliphatic rings. The standard InChI is InChI=1S/C33H46N2O7/c1-23(2)20-27(31(37)40-22-25-16-10-7-11-17-25)34-30(36)29(41-28-18-12-13-19-39-28)26(21-24-14-8-6-9-15-24)35-32(38)42-33(3,4)5/h6-11,14-17,23,26-29H,12-13,18-22H2,1-5H3,(H,34,36)(H,35,38). The lowest BCUT2D eigenvalue weighted by Crippen LogP contribution is -2.57. The Hall–Kier alpha value is -3.43. The van der Waals surface area contributed by atoms with Crippen LogP contribution in [-0.4, -0.2) is 54.7 Å². The molecule has 2 aromatic carbocycles. The molecule has 1 heterocycles. The molecule has 9 heteroatoms. The van der Waals surface area contributed by atoms with Gasteiger partial charge in [-0.1, -0.05) is 74.5 Å². The molecule has 0 radical (unpaired) electrons. The molecule has 1 saturated heterocycles. The molecular weight excluding hydrogens is 536 g/mol. The summed E-state index contributed by atoms with van der Waals surface area (Å²) in [4.78, 5) is 40.1. The van der Waals surface area contributed by atoms with Crippen molar-refractivity contribution in [3.05, 3.63) is 71.8 Å². The fourth-order valence-electron chi connectivity index (χ4n) is 4.65. The second-order valence-corrected chi connectivity index (χ2v) is 12.1. The van der Waals surface area contributed by atoms with Gasteiger partial charge in [0.15, 0.2) is 12.4 Å². The highest BCUT2D eigenvalue weighted by Crippen LogP contribution is 2.20. The van der Waals surface area contributed by atoms with Crippen LogP contribution >= 0.6 is 0 Å². The van der Waals surface area contributed by atoms with Crippen molar-refractivity contribution in [2.75, 3.05) is 6.61 Å². The van der Waals surface area contributed by atoms with Crippen molar-refractivity contribution < 1.29 is 33.3 Å². The third kappa shape index (κ3) is 11.8. The van der Waals surface area contributed by atoms with Crippen molar-refractivity contribution in [3.8, 4) is 0 Å². The number of benzene rings is 2. The van der Waals surface area contributed by atoms with E-state index in [-0.39, 0.29) is 18.9 Å². The molecular formula is C33H46N2O7. The molecule has 4 atom stereocenters. The topological polar surface area (TPSA) is 112 Å². The first-order chi connectivity index (χ1) is 20.0. The maximum atomic E-state index is 14.0. The lowest BCUT2D eigenvalue weighted by molar-refractivity contribution is -0.197. The Morgan fingerprint density at radius 2 is 1.57 bits per heavy atom. The average molecular weight is 583 g/mol. The highest BCUT2D eigenvalue weighted by molar-refractivity contribution is 5.88. The first-order valence-electron chi connectivity index (χ1n) is 14.8. The molecule has 0 aromatic heterocycles. The van der Waals surface area contributed by atoms with E-state index < -0.39 is 48.0 Å². The fraction of sp³-hybridized carbons (Fsp3) is 0.545. The molecule has 4 unspecified atom stereocenters. The van der Waals surface area contributed by atoms with Crippen LogP contribution in [0, 0.1) is 5.92 Å². The van der Waals surface area contributed by atoms with Crippen LogP contribution in [-0.2, 0) is 41.6 Å². The van der Waals surface area contributed by atoms with E-state index in [2.05, 4.69) is 10.6 Å². The molecule has 42 heavy (non-hydrogen) atoms. The molecule has 3 rings (SSSR count). The van der Waals surface area contributed by atoms with E-state index in [0.717, 1.165) is 24.0 Å². The van der Waals surface area contributed by atoms with E-state index in [1.54, 1.807) is 20.8 Å². The van der Waals surface area contributed by atoms with Gasteiger partial charge in [0, 0.05) is 6.61 Å². The lowest BCUT2D eigenvalue weighted by Gasteiger charge is -2.33. The summed E-state index contributed by atoms with van der Waals surface area (Å²) in [6, 6.07) is 17.2. The summed E-state index contributed by atoms with van der Waals surface area (Å²) in [6.45, 7) is 9.86. The summed E-state index contributed by atoms with van der Waals surface area (Å²) in [5.41, 5.74) is 1.00. The summed E-state index contributed by atoms with van der Waals surface area (Å²) >= 11 is 0. The minimum Gasteiger partial charge on any atom is -0.459 e. The van der Waals surface area contributed by atoms with Gasteiger partial charge < -0.3 is 29.6 Å². The number of nitrogens with one attached hydrogen (secondary N) is 2. The number of hydrogen-bond acceptors (Lipinski definition) is 7. The van der Waals surface area contributed by atoms with Crippen LogP contribution in [0.4, 0.5) is 4.79 Å². The molecule has 9 nitrogen and oxygen atoms in total. The van der Waals surface area contributed by atoms with Gasteiger partial charge in [-0.05, 0) is 69.9 Å². The maximum absolute atomic E-state index is 14.0. The second-order valence-electron chi connectivity index (χ2n) is 12.1. The largest absolute Gasteiger partial charge is 0.459 e. The molecule has 1 fully saturated rings. The number of esters is 1. The summed E-state index contributed by atoms with van der Waals surface area (Å²) in [6.07, 6.45) is 0.610. The van der Waals surface area contributed by atoms with Crippen molar-refractivity contribution in [2.45, 2.75) is 103 Å². The molecule has 0 aliphatic carbocycles. The van der Waals surface area contributed by atoms with Crippen molar-refractivity contribution in [3.63, 3.8) is 0 Å². The molecule has 0 bridgehead atoms. The minimum atomic E-state index is -1.17. The Labute approximate surface area is 249 Å². The van der Waals surface area contributed by atoms with Crippen molar-refractivity contribution in [1.82, 2.24) is 10.6 Å². The van der Waals surface area contributed by atoms with E-state index in [4.69, 9.17) is 18.9 Å². The molecule has 230 valence electrons. The second kappa shape index (κ2) is 16.3. The van der Waals surface area contributed by atoms with Crippen LogP contribution < -0.4 is 10.6 Å². The van der Waals surface area contributed by atoms with Crippen LogP contribution in [0.2, 0.25) is 0 Å². The SMILES string of the molecule is CC(C)CC(NC(=O)C(OC1CCCCO1)C(Cc1ccccc1)NC(=O)OC(C)(C)C)C(=O)OCc1ccccc1. The van der Waals surface area contributed by atoms with Gasteiger partial charge in [0.2, 0.25) is 0 Å². The van der Waals surface area contributed by atoms with E-state index in [0.29, 0.717) is 19.4 Å². The Morgan fingerprint density at radius 1 is 0.929 bits per heavy atom. The zero-order valence-electron chi connectivity index (χ0n) is 25.5. The highest BCUT2D eigenvalue weighted by Gasteiger charge is 2.37. The monoisotopic (exact) mass is 582 g/mol. The molecule has 1 aliphatic heterocycles. The molecule has 2 aromatic rings. The van der Waals surface area contributed by atoms with E-state index in [1.165, 1.54) is 0 Å². The third-order valence-electron chi connectivity index (χ3n) is 6.59. The summed E-state index contributed by atoms with van der Waals surface area (Å²) in [5.74, 6) is -0.975. The number of rotatable bonds is 13.